The van der Waals surface area contributed by atoms with Crippen LogP contribution in [0.4, 0.5) is 0 Å². The number of carbonyl (C=O) groups excluding carboxylic acids is 1. The Kier molecular flexibility index (Phi) is 2.83. The topological polar surface area (TPSA) is 62.6 Å². The molecule has 1 aliphatic heterocycles. The molecule has 2 aromatic rings. The molecule has 1 aromatic heterocycles. The van der Waals surface area contributed by atoms with Gasteiger partial charge in [0.1, 0.15) is 12.4 Å². The summed E-state index contributed by atoms with van der Waals surface area (Å²) in [6, 6.07) is 3.29. The first kappa shape index (κ1) is 11.6. The van der Waals surface area contributed by atoms with E-state index in [0.29, 0.717) is 29.4 Å². The third-order valence-corrected chi connectivity index (χ3v) is 2.78. The Balaban J connectivity index is 1.81. The predicted octanol–water partition coefficient (Wildman–Crippen LogP) is 1.54. The zero-order chi connectivity index (χ0) is 13.2. The van der Waals surface area contributed by atoms with Crippen molar-refractivity contribution in [3.8, 4) is 17.2 Å². The Morgan fingerprint density at radius 2 is 2.21 bits per heavy atom. The first-order valence-electron chi connectivity index (χ1n) is 5.75. The lowest BCUT2D eigenvalue weighted by Crippen LogP contribution is -1.97. The minimum atomic E-state index is 0.166. The number of aryl methyl sites for hydroxylation is 1. The number of aldehydes is 1. The Morgan fingerprint density at radius 3 is 2.89 bits per heavy atom. The van der Waals surface area contributed by atoms with Gasteiger partial charge in [-0.15, -0.1) is 0 Å². The number of benzene rings is 1. The van der Waals surface area contributed by atoms with E-state index in [1.54, 1.807) is 23.0 Å². The summed E-state index contributed by atoms with van der Waals surface area (Å²) in [6.07, 6.45) is 4.31. The van der Waals surface area contributed by atoms with Gasteiger partial charge in [-0.3, -0.25) is 9.48 Å². The molecular weight excluding hydrogens is 248 g/mol. The molecule has 0 fully saturated rings. The molecule has 0 N–H and O–H groups in total. The van der Waals surface area contributed by atoms with Crippen molar-refractivity contribution in [1.82, 2.24) is 9.78 Å². The molecule has 6 heteroatoms. The summed E-state index contributed by atoms with van der Waals surface area (Å²) in [5.41, 5.74) is 1.37. The minimum absolute atomic E-state index is 0.166. The standard InChI is InChI=1S/C13H12N2O4/c1-15-5-9(4-14-15)7-17-11-3-13-12(18-8-19-13)2-10(11)6-16/h2-6H,7-8H2,1H3. The fraction of sp³-hybridized carbons (Fsp3) is 0.231. The van der Waals surface area contributed by atoms with E-state index >= 15 is 0 Å². The highest BCUT2D eigenvalue weighted by molar-refractivity contribution is 5.81. The Labute approximate surface area is 109 Å². The normalized spacial score (nSPS) is 12.5. The van der Waals surface area contributed by atoms with Crippen molar-refractivity contribution in [3.05, 3.63) is 35.7 Å². The van der Waals surface area contributed by atoms with Crippen LogP contribution in [0.1, 0.15) is 15.9 Å². The number of ether oxygens (including phenoxy) is 3. The van der Waals surface area contributed by atoms with E-state index in [2.05, 4.69) is 5.10 Å². The molecule has 1 aliphatic rings. The van der Waals surface area contributed by atoms with Crippen LogP contribution in [0.5, 0.6) is 17.2 Å². The molecule has 19 heavy (non-hydrogen) atoms. The maximum Gasteiger partial charge on any atom is 0.231 e. The molecule has 0 unspecified atom stereocenters. The molecule has 0 bridgehead atoms. The van der Waals surface area contributed by atoms with Gasteiger partial charge in [0, 0.05) is 24.9 Å². The number of hydrogen-bond donors (Lipinski definition) is 0. The molecule has 0 atom stereocenters. The zero-order valence-electron chi connectivity index (χ0n) is 10.3. The van der Waals surface area contributed by atoms with E-state index in [9.17, 15) is 4.79 Å². The Hall–Kier alpha value is -2.50. The average Bonchev–Trinajstić information content (AvgIpc) is 3.03. The van der Waals surface area contributed by atoms with Crippen molar-refractivity contribution in [2.24, 2.45) is 7.05 Å². The Bertz CT molecular complexity index is 621. The molecule has 3 rings (SSSR count). The van der Waals surface area contributed by atoms with Crippen LogP contribution in [-0.4, -0.2) is 22.9 Å². The number of fused-ring (bicyclic) bond motifs is 1. The van der Waals surface area contributed by atoms with E-state index < -0.39 is 0 Å². The van der Waals surface area contributed by atoms with Crippen molar-refractivity contribution < 1.29 is 19.0 Å². The van der Waals surface area contributed by atoms with Crippen molar-refractivity contribution in [1.29, 1.82) is 0 Å². The lowest BCUT2D eigenvalue weighted by Gasteiger charge is -2.08. The summed E-state index contributed by atoms with van der Waals surface area (Å²) in [5.74, 6) is 1.63. The van der Waals surface area contributed by atoms with Gasteiger partial charge in [0.25, 0.3) is 0 Å². The van der Waals surface area contributed by atoms with E-state index in [4.69, 9.17) is 14.2 Å². The lowest BCUT2D eigenvalue weighted by atomic mass is 10.2. The SMILES string of the molecule is Cn1cc(COc2cc3c(cc2C=O)OCO3)cn1. The van der Waals surface area contributed by atoms with Crippen LogP contribution in [-0.2, 0) is 13.7 Å². The Morgan fingerprint density at radius 1 is 1.42 bits per heavy atom. The molecule has 0 amide bonds. The second kappa shape index (κ2) is 4.64. The molecule has 2 heterocycles. The third kappa shape index (κ3) is 2.24. The van der Waals surface area contributed by atoms with Crippen molar-refractivity contribution in [2.45, 2.75) is 6.61 Å². The van der Waals surface area contributed by atoms with Crippen LogP contribution in [0.25, 0.3) is 0 Å². The fourth-order valence-corrected chi connectivity index (χ4v) is 1.86. The summed E-state index contributed by atoms with van der Waals surface area (Å²) in [7, 11) is 1.83. The summed E-state index contributed by atoms with van der Waals surface area (Å²) >= 11 is 0. The molecule has 1 aromatic carbocycles. The lowest BCUT2D eigenvalue weighted by molar-refractivity contribution is 0.111. The molecule has 98 valence electrons. The van der Waals surface area contributed by atoms with Crippen LogP contribution < -0.4 is 14.2 Å². The van der Waals surface area contributed by atoms with Gasteiger partial charge in [0.05, 0.1) is 11.8 Å². The van der Waals surface area contributed by atoms with Crippen molar-refractivity contribution in [3.63, 3.8) is 0 Å². The highest BCUT2D eigenvalue weighted by atomic mass is 16.7. The predicted molar refractivity (Wildman–Crippen MR) is 65.5 cm³/mol. The molecule has 0 spiro atoms. The number of aromatic nitrogens is 2. The van der Waals surface area contributed by atoms with Gasteiger partial charge in [-0.2, -0.15) is 5.10 Å². The number of hydrogen-bond acceptors (Lipinski definition) is 5. The van der Waals surface area contributed by atoms with E-state index in [0.717, 1.165) is 11.8 Å². The maximum atomic E-state index is 11.0. The highest BCUT2D eigenvalue weighted by Gasteiger charge is 2.18. The van der Waals surface area contributed by atoms with Gasteiger partial charge in [0.15, 0.2) is 17.8 Å². The van der Waals surface area contributed by atoms with Gasteiger partial charge in [-0.05, 0) is 6.07 Å². The average molecular weight is 260 g/mol. The largest absolute Gasteiger partial charge is 0.488 e. The third-order valence-electron chi connectivity index (χ3n) is 2.78. The number of nitrogens with zero attached hydrogens (tertiary/aromatic N) is 2. The quantitative estimate of drug-likeness (QED) is 0.780. The molecule has 0 aliphatic carbocycles. The van der Waals surface area contributed by atoms with Gasteiger partial charge in [-0.1, -0.05) is 0 Å². The van der Waals surface area contributed by atoms with Crippen LogP contribution in [0.2, 0.25) is 0 Å². The summed E-state index contributed by atoms with van der Waals surface area (Å²) in [4.78, 5) is 11.0. The van der Waals surface area contributed by atoms with E-state index in [1.165, 1.54) is 0 Å². The summed E-state index contributed by atoms with van der Waals surface area (Å²) in [6.45, 7) is 0.508. The van der Waals surface area contributed by atoms with Crippen molar-refractivity contribution in [2.75, 3.05) is 6.79 Å². The second-order valence-electron chi connectivity index (χ2n) is 4.17. The zero-order valence-corrected chi connectivity index (χ0v) is 10.3. The van der Waals surface area contributed by atoms with Crippen LogP contribution in [0.15, 0.2) is 24.5 Å². The van der Waals surface area contributed by atoms with Crippen LogP contribution in [0, 0.1) is 0 Å². The molecule has 0 saturated heterocycles. The summed E-state index contributed by atoms with van der Waals surface area (Å²) in [5, 5.41) is 4.05. The van der Waals surface area contributed by atoms with Crippen LogP contribution >= 0.6 is 0 Å². The van der Waals surface area contributed by atoms with Crippen molar-refractivity contribution >= 4 is 6.29 Å². The fourth-order valence-electron chi connectivity index (χ4n) is 1.86. The van der Waals surface area contributed by atoms with Gasteiger partial charge >= 0.3 is 0 Å². The van der Waals surface area contributed by atoms with E-state index in [1.807, 2.05) is 13.2 Å². The summed E-state index contributed by atoms with van der Waals surface area (Å²) < 4.78 is 17.8. The first-order valence-corrected chi connectivity index (χ1v) is 5.75. The molecule has 0 saturated carbocycles. The smallest absolute Gasteiger partial charge is 0.231 e. The highest BCUT2D eigenvalue weighted by Crippen LogP contribution is 2.37. The molecular formula is C13H12N2O4. The van der Waals surface area contributed by atoms with Gasteiger partial charge in [0.2, 0.25) is 6.79 Å². The second-order valence-corrected chi connectivity index (χ2v) is 4.17. The molecule has 6 nitrogen and oxygen atoms in total. The maximum absolute atomic E-state index is 11.0. The molecule has 0 radical (unpaired) electrons. The first-order chi connectivity index (χ1) is 9.26. The minimum Gasteiger partial charge on any atom is -0.488 e. The number of rotatable bonds is 4. The van der Waals surface area contributed by atoms with E-state index in [-0.39, 0.29) is 6.79 Å². The van der Waals surface area contributed by atoms with Gasteiger partial charge < -0.3 is 14.2 Å². The van der Waals surface area contributed by atoms with Gasteiger partial charge in [-0.25, -0.2) is 0 Å². The van der Waals surface area contributed by atoms with Crippen LogP contribution in [0.3, 0.4) is 0 Å². The number of carbonyl (C=O) groups is 1. The monoisotopic (exact) mass is 260 g/mol.